The Morgan fingerprint density at radius 1 is 1.30 bits per heavy atom. The van der Waals surface area contributed by atoms with Gasteiger partial charge in [-0.15, -0.1) is 0 Å². The summed E-state index contributed by atoms with van der Waals surface area (Å²) in [6, 6.07) is 8.27. The fraction of sp³-hybridized carbons (Fsp3) is 0.438. The molecule has 0 fully saturated rings. The van der Waals surface area contributed by atoms with E-state index in [4.69, 9.17) is 0 Å². The number of benzene rings is 1. The minimum absolute atomic E-state index is 0.484. The Balaban J connectivity index is 1.80. The fourth-order valence-electron chi connectivity index (χ4n) is 2.90. The van der Waals surface area contributed by atoms with E-state index in [0.717, 1.165) is 24.2 Å². The first kappa shape index (κ1) is 13.2. The van der Waals surface area contributed by atoms with E-state index in [1.807, 2.05) is 25.4 Å². The zero-order valence-electron chi connectivity index (χ0n) is 12.1. The van der Waals surface area contributed by atoms with Gasteiger partial charge in [-0.2, -0.15) is 5.10 Å². The molecule has 0 saturated heterocycles. The second-order valence-electron chi connectivity index (χ2n) is 5.61. The van der Waals surface area contributed by atoms with Crippen molar-refractivity contribution in [3.8, 4) is 0 Å². The maximum Gasteiger partial charge on any atom is 0.0846 e. The molecule has 1 aromatic carbocycles. The van der Waals surface area contributed by atoms with Gasteiger partial charge in [0.1, 0.15) is 0 Å². The molecular formula is C16H21N3O. The van der Waals surface area contributed by atoms with Gasteiger partial charge in [0.05, 0.1) is 11.8 Å². The van der Waals surface area contributed by atoms with Gasteiger partial charge in [-0.1, -0.05) is 12.1 Å². The molecule has 0 amide bonds. The van der Waals surface area contributed by atoms with Gasteiger partial charge in [0.2, 0.25) is 0 Å². The van der Waals surface area contributed by atoms with Crippen LogP contribution in [0.15, 0.2) is 30.5 Å². The highest BCUT2D eigenvalue weighted by Crippen LogP contribution is 2.29. The average molecular weight is 271 g/mol. The minimum atomic E-state index is -0.484. The first-order valence-corrected chi connectivity index (χ1v) is 7.14. The Morgan fingerprint density at radius 2 is 2.15 bits per heavy atom. The average Bonchev–Trinajstić information content (AvgIpc) is 2.84. The Hall–Kier alpha value is -1.81. The number of aliphatic hydroxyl groups excluding tert-OH is 1. The smallest absolute Gasteiger partial charge is 0.0846 e. The second kappa shape index (κ2) is 5.29. The van der Waals surface area contributed by atoms with E-state index >= 15 is 0 Å². The van der Waals surface area contributed by atoms with E-state index in [0.29, 0.717) is 6.42 Å². The molecule has 1 aliphatic rings. The Morgan fingerprint density at radius 3 is 2.90 bits per heavy atom. The quantitative estimate of drug-likeness (QED) is 0.929. The van der Waals surface area contributed by atoms with Crippen LogP contribution in [0.25, 0.3) is 0 Å². The molecule has 20 heavy (non-hydrogen) atoms. The van der Waals surface area contributed by atoms with Crippen LogP contribution >= 0.6 is 0 Å². The summed E-state index contributed by atoms with van der Waals surface area (Å²) in [6.07, 6.45) is 4.27. The van der Waals surface area contributed by atoms with Gasteiger partial charge in [0.15, 0.2) is 0 Å². The van der Waals surface area contributed by atoms with Crippen molar-refractivity contribution in [3.63, 3.8) is 0 Å². The molecule has 0 aliphatic carbocycles. The van der Waals surface area contributed by atoms with Crippen molar-refractivity contribution in [1.82, 2.24) is 9.78 Å². The molecule has 1 aromatic heterocycles. The molecule has 106 valence electrons. The summed E-state index contributed by atoms with van der Waals surface area (Å²) in [5.41, 5.74) is 4.56. The van der Waals surface area contributed by atoms with Crippen LogP contribution in [0, 0.1) is 0 Å². The number of hydrogen-bond acceptors (Lipinski definition) is 3. The highest BCUT2D eigenvalue weighted by molar-refractivity contribution is 5.56. The topological polar surface area (TPSA) is 41.3 Å². The molecule has 3 rings (SSSR count). The molecular weight excluding hydrogens is 250 g/mol. The number of aryl methyl sites for hydroxylation is 2. The van der Waals surface area contributed by atoms with Crippen molar-refractivity contribution in [2.45, 2.75) is 25.4 Å². The van der Waals surface area contributed by atoms with Gasteiger partial charge in [-0.05, 0) is 36.1 Å². The summed E-state index contributed by atoms with van der Waals surface area (Å²) >= 11 is 0. The maximum atomic E-state index is 10.4. The Bertz CT molecular complexity index is 606. The summed E-state index contributed by atoms with van der Waals surface area (Å²) in [6.45, 7) is 1.11. The summed E-state index contributed by atoms with van der Waals surface area (Å²) in [5.74, 6) is 0. The van der Waals surface area contributed by atoms with Crippen molar-refractivity contribution in [1.29, 1.82) is 0 Å². The number of hydrogen-bond donors (Lipinski definition) is 1. The number of aliphatic hydroxyl groups is 1. The van der Waals surface area contributed by atoms with Gasteiger partial charge >= 0.3 is 0 Å². The van der Waals surface area contributed by atoms with Crippen molar-refractivity contribution >= 4 is 5.69 Å². The Labute approximate surface area is 119 Å². The molecule has 0 spiro atoms. The summed E-state index contributed by atoms with van der Waals surface area (Å²) in [4.78, 5) is 2.29. The standard InChI is InChI=1S/C16H21N3O/c1-18-8-3-4-12-10-13(5-6-15(12)18)16(20)11-14-7-9-19(2)17-14/h5-7,9-10,16,20H,3-4,8,11H2,1-2H3. The number of aromatic nitrogens is 2. The van der Waals surface area contributed by atoms with Gasteiger partial charge in [0.25, 0.3) is 0 Å². The SMILES string of the molecule is CN1CCCc2cc(C(O)Cc3ccn(C)n3)ccc21. The molecule has 4 heteroatoms. The summed E-state index contributed by atoms with van der Waals surface area (Å²) in [7, 11) is 4.02. The molecule has 1 aliphatic heterocycles. The monoisotopic (exact) mass is 271 g/mol. The van der Waals surface area contributed by atoms with E-state index in [-0.39, 0.29) is 0 Å². The molecule has 2 heterocycles. The van der Waals surface area contributed by atoms with Crippen molar-refractivity contribution in [3.05, 3.63) is 47.3 Å². The lowest BCUT2D eigenvalue weighted by atomic mass is 9.96. The minimum Gasteiger partial charge on any atom is -0.388 e. The fourth-order valence-corrected chi connectivity index (χ4v) is 2.90. The normalized spacial score (nSPS) is 16.1. The lowest BCUT2D eigenvalue weighted by molar-refractivity contribution is 0.177. The molecule has 0 saturated carbocycles. The lowest BCUT2D eigenvalue weighted by Crippen LogP contribution is -2.24. The van der Waals surface area contributed by atoms with Crippen molar-refractivity contribution < 1.29 is 5.11 Å². The van der Waals surface area contributed by atoms with Crippen LogP contribution in [-0.2, 0) is 19.9 Å². The summed E-state index contributed by atoms with van der Waals surface area (Å²) in [5, 5.41) is 14.7. The van der Waals surface area contributed by atoms with E-state index in [1.165, 1.54) is 17.7 Å². The number of nitrogens with zero attached hydrogens (tertiary/aromatic N) is 3. The molecule has 2 aromatic rings. The third-order valence-corrected chi connectivity index (χ3v) is 4.01. The van der Waals surface area contributed by atoms with E-state index in [9.17, 15) is 5.11 Å². The molecule has 0 radical (unpaired) electrons. The van der Waals surface area contributed by atoms with Crippen molar-refractivity contribution in [2.75, 3.05) is 18.5 Å². The van der Waals surface area contributed by atoms with Crippen LogP contribution < -0.4 is 4.90 Å². The van der Waals surface area contributed by atoms with Crippen LogP contribution in [0.1, 0.15) is 29.3 Å². The largest absolute Gasteiger partial charge is 0.388 e. The van der Waals surface area contributed by atoms with Crippen LogP contribution in [0.4, 0.5) is 5.69 Å². The van der Waals surface area contributed by atoms with Crippen LogP contribution in [0.3, 0.4) is 0 Å². The van der Waals surface area contributed by atoms with Crippen LogP contribution in [-0.4, -0.2) is 28.5 Å². The predicted molar refractivity (Wildman–Crippen MR) is 79.9 cm³/mol. The lowest BCUT2D eigenvalue weighted by Gasteiger charge is -2.28. The zero-order chi connectivity index (χ0) is 14.1. The van der Waals surface area contributed by atoms with Gasteiger partial charge < -0.3 is 10.0 Å². The van der Waals surface area contributed by atoms with E-state index < -0.39 is 6.10 Å². The highest BCUT2D eigenvalue weighted by Gasteiger charge is 2.17. The summed E-state index contributed by atoms with van der Waals surface area (Å²) < 4.78 is 1.77. The maximum absolute atomic E-state index is 10.4. The molecule has 1 atom stereocenters. The van der Waals surface area contributed by atoms with Gasteiger partial charge in [0, 0.05) is 38.9 Å². The molecule has 1 unspecified atom stereocenters. The molecule has 4 nitrogen and oxygen atoms in total. The number of anilines is 1. The van der Waals surface area contributed by atoms with E-state index in [1.54, 1.807) is 4.68 Å². The van der Waals surface area contributed by atoms with Crippen LogP contribution in [0.2, 0.25) is 0 Å². The predicted octanol–water partition coefficient (Wildman–Crippen LogP) is 2.08. The number of fused-ring (bicyclic) bond motifs is 1. The first-order valence-electron chi connectivity index (χ1n) is 7.14. The van der Waals surface area contributed by atoms with Gasteiger partial charge in [-0.25, -0.2) is 0 Å². The zero-order valence-corrected chi connectivity index (χ0v) is 12.1. The van der Waals surface area contributed by atoms with Crippen LogP contribution in [0.5, 0.6) is 0 Å². The third kappa shape index (κ3) is 2.56. The first-order chi connectivity index (χ1) is 9.63. The van der Waals surface area contributed by atoms with Crippen molar-refractivity contribution in [2.24, 2.45) is 7.05 Å². The highest BCUT2D eigenvalue weighted by atomic mass is 16.3. The molecule has 1 N–H and O–H groups in total. The Kier molecular flexibility index (Phi) is 3.49. The van der Waals surface area contributed by atoms with E-state index in [2.05, 4.69) is 29.2 Å². The van der Waals surface area contributed by atoms with Gasteiger partial charge in [-0.3, -0.25) is 4.68 Å². The number of rotatable bonds is 3. The molecule has 0 bridgehead atoms. The third-order valence-electron chi connectivity index (χ3n) is 4.01. The second-order valence-corrected chi connectivity index (χ2v) is 5.61.